The lowest BCUT2D eigenvalue weighted by atomic mass is 9.71. The molecule has 1 aliphatic rings. The molecule has 0 N–H and O–H groups in total. The molecule has 0 fully saturated rings. The fraction of sp³-hybridized carbons (Fsp3) is 0.562. The van der Waals surface area contributed by atoms with Gasteiger partial charge in [0.15, 0.2) is 9.84 Å². The van der Waals surface area contributed by atoms with Gasteiger partial charge in [-0.1, -0.05) is 32.9 Å². The van der Waals surface area contributed by atoms with E-state index in [0.717, 1.165) is 5.56 Å². The van der Waals surface area contributed by atoms with Crippen molar-refractivity contribution in [3.05, 3.63) is 29.3 Å². The number of carbonyl (C=O) groups excluding carboxylic acids is 1. The summed E-state index contributed by atoms with van der Waals surface area (Å²) in [4.78, 5) is 13.1. The topological polar surface area (TPSA) is 51.2 Å². The van der Waals surface area contributed by atoms with Crippen LogP contribution in [0.2, 0.25) is 0 Å². The van der Waals surface area contributed by atoms with Crippen molar-refractivity contribution in [2.45, 2.75) is 57.1 Å². The summed E-state index contributed by atoms with van der Waals surface area (Å²) in [6.45, 7) is 10.5. The summed E-state index contributed by atoms with van der Waals surface area (Å²) in [5.41, 5.74) is 0.591. The van der Waals surface area contributed by atoms with Gasteiger partial charge in [0, 0.05) is 11.3 Å². The molecule has 0 bridgehead atoms. The van der Waals surface area contributed by atoms with Gasteiger partial charge in [-0.25, -0.2) is 8.42 Å². The van der Waals surface area contributed by atoms with Crippen molar-refractivity contribution in [2.75, 3.05) is 0 Å². The van der Waals surface area contributed by atoms with Crippen LogP contribution >= 0.6 is 0 Å². The predicted molar refractivity (Wildman–Crippen MR) is 79.6 cm³/mol. The second-order valence-electron chi connectivity index (χ2n) is 6.71. The number of aryl methyl sites for hydroxylation is 1. The molecule has 1 heterocycles. The molecule has 1 aliphatic heterocycles. The minimum absolute atomic E-state index is 0.0147. The standard InChI is InChI=1S/C16H22O3S/c1-10-8-7-9-12-13(10)11(2)14(17)15(3,4)16(5,6)20(12,18)19/h7-9,11H,1-6H3. The maximum absolute atomic E-state index is 13.1. The van der Waals surface area contributed by atoms with Crippen LogP contribution in [-0.2, 0) is 14.6 Å². The van der Waals surface area contributed by atoms with E-state index in [2.05, 4.69) is 0 Å². The molecule has 1 aromatic carbocycles. The number of benzene rings is 1. The minimum atomic E-state index is -3.57. The number of carbonyl (C=O) groups is 1. The van der Waals surface area contributed by atoms with E-state index < -0.39 is 25.9 Å². The van der Waals surface area contributed by atoms with E-state index in [1.165, 1.54) is 0 Å². The zero-order valence-corrected chi connectivity index (χ0v) is 13.8. The van der Waals surface area contributed by atoms with Gasteiger partial charge in [0.1, 0.15) is 5.78 Å². The molecular weight excluding hydrogens is 272 g/mol. The third-order valence-electron chi connectivity index (χ3n) is 5.19. The molecule has 1 aromatic rings. The van der Waals surface area contributed by atoms with Crippen molar-refractivity contribution in [3.63, 3.8) is 0 Å². The molecule has 0 aromatic heterocycles. The average molecular weight is 294 g/mol. The Morgan fingerprint density at radius 2 is 1.65 bits per heavy atom. The Morgan fingerprint density at radius 1 is 1.10 bits per heavy atom. The second kappa shape index (κ2) is 4.17. The Labute approximate surface area is 121 Å². The van der Waals surface area contributed by atoms with Gasteiger partial charge in [-0.15, -0.1) is 0 Å². The third kappa shape index (κ3) is 1.63. The van der Waals surface area contributed by atoms with E-state index in [9.17, 15) is 13.2 Å². The number of ketones is 1. The van der Waals surface area contributed by atoms with Crippen molar-refractivity contribution in [1.82, 2.24) is 0 Å². The highest BCUT2D eigenvalue weighted by Gasteiger charge is 2.56. The summed E-state index contributed by atoms with van der Waals surface area (Å²) in [6, 6.07) is 5.24. The summed E-state index contributed by atoms with van der Waals surface area (Å²) in [7, 11) is -3.57. The first kappa shape index (κ1) is 15.2. The lowest BCUT2D eigenvalue weighted by Crippen LogP contribution is -2.49. The van der Waals surface area contributed by atoms with Crippen molar-refractivity contribution in [1.29, 1.82) is 0 Å². The number of fused-ring (bicyclic) bond motifs is 1. The maximum atomic E-state index is 13.1. The Kier molecular flexibility index (Phi) is 3.17. The maximum Gasteiger partial charge on any atom is 0.184 e. The highest BCUT2D eigenvalue weighted by atomic mass is 32.2. The van der Waals surface area contributed by atoms with Crippen LogP contribution in [0.25, 0.3) is 0 Å². The van der Waals surface area contributed by atoms with Crippen LogP contribution < -0.4 is 0 Å². The van der Waals surface area contributed by atoms with Crippen molar-refractivity contribution >= 4 is 15.6 Å². The lowest BCUT2D eigenvalue weighted by molar-refractivity contribution is -0.129. The lowest BCUT2D eigenvalue weighted by Gasteiger charge is -2.38. The van der Waals surface area contributed by atoms with E-state index in [0.29, 0.717) is 10.5 Å². The molecule has 4 heteroatoms. The number of rotatable bonds is 0. The van der Waals surface area contributed by atoms with E-state index in [1.54, 1.807) is 39.8 Å². The minimum Gasteiger partial charge on any atom is -0.298 e. The van der Waals surface area contributed by atoms with Gasteiger partial charge >= 0.3 is 0 Å². The van der Waals surface area contributed by atoms with Crippen LogP contribution in [0.15, 0.2) is 23.1 Å². The molecule has 0 aliphatic carbocycles. The Bertz CT molecular complexity index is 682. The molecule has 0 radical (unpaired) electrons. The van der Waals surface area contributed by atoms with Gasteiger partial charge in [-0.2, -0.15) is 0 Å². The van der Waals surface area contributed by atoms with E-state index >= 15 is 0 Å². The van der Waals surface area contributed by atoms with Crippen molar-refractivity contribution < 1.29 is 13.2 Å². The smallest absolute Gasteiger partial charge is 0.184 e. The van der Waals surface area contributed by atoms with Gasteiger partial charge in [0.05, 0.1) is 9.64 Å². The third-order valence-corrected chi connectivity index (χ3v) is 7.98. The van der Waals surface area contributed by atoms with Crippen molar-refractivity contribution in [3.8, 4) is 0 Å². The fourth-order valence-corrected chi connectivity index (χ4v) is 5.23. The molecule has 0 saturated heterocycles. The van der Waals surface area contributed by atoms with E-state index in [-0.39, 0.29) is 5.78 Å². The van der Waals surface area contributed by atoms with Gasteiger partial charge in [-0.05, 0) is 38.0 Å². The summed E-state index contributed by atoms with van der Waals surface area (Å²) in [5.74, 6) is -0.420. The summed E-state index contributed by atoms with van der Waals surface area (Å²) >= 11 is 0. The Morgan fingerprint density at radius 3 is 2.20 bits per heavy atom. The van der Waals surface area contributed by atoms with Gasteiger partial charge in [0.2, 0.25) is 0 Å². The van der Waals surface area contributed by atoms with Crippen LogP contribution in [0.4, 0.5) is 0 Å². The fourth-order valence-electron chi connectivity index (χ4n) is 3.02. The summed E-state index contributed by atoms with van der Waals surface area (Å²) in [6.07, 6.45) is 0. The first-order valence-corrected chi connectivity index (χ1v) is 8.33. The molecule has 0 spiro atoms. The summed E-state index contributed by atoms with van der Waals surface area (Å²) < 4.78 is 25.0. The van der Waals surface area contributed by atoms with Gasteiger partial charge in [-0.3, -0.25) is 4.79 Å². The molecule has 20 heavy (non-hydrogen) atoms. The van der Waals surface area contributed by atoms with E-state index in [1.807, 2.05) is 19.9 Å². The first-order chi connectivity index (χ1) is 8.96. The monoisotopic (exact) mass is 294 g/mol. The van der Waals surface area contributed by atoms with Crippen LogP contribution in [-0.4, -0.2) is 18.9 Å². The van der Waals surface area contributed by atoms with E-state index in [4.69, 9.17) is 0 Å². The van der Waals surface area contributed by atoms with Gasteiger partial charge in [0.25, 0.3) is 0 Å². The number of sulfone groups is 1. The molecule has 0 saturated carbocycles. The van der Waals surface area contributed by atoms with Crippen LogP contribution in [0, 0.1) is 12.3 Å². The second-order valence-corrected chi connectivity index (χ2v) is 9.18. The molecule has 1 unspecified atom stereocenters. The largest absolute Gasteiger partial charge is 0.298 e. The first-order valence-electron chi connectivity index (χ1n) is 6.84. The average Bonchev–Trinajstić information content (AvgIpc) is 2.37. The summed E-state index contributed by atoms with van der Waals surface area (Å²) in [5, 5.41) is 0. The molecule has 0 amide bonds. The molecule has 3 nitrogen and oxygen atoms in total. The Balaban J connectivity index is 2.97. The van der Waals surface area contributed by atoms with Crippen LogP contribution in [0.1, 0.15) is 51.7 Å². The molecular formula is C16H22O3S. The molecule has 1 atom stereocenters. The van der Waals surface area contributed by atoms with Gasteiger partial charge < -0.3 is 0 Å². The van der Waals surface area contributed by atoms with Crippen LogP contribution in [0.5, 0.6) is 0 Å². The quantitative estimate of drug-likeness (QED) is 0.738. The SMILES string of the molecule is Cc1cccc2c1C(C)C(=O)C(C)(C)C(C)(C)S2(=O)=O. The highest BCUT2D eigenvalue weighted by Crippen LogP contribution is 2.49. The molecule has 2 rings (SSSR count). The molecule has 110 valence electrons. The number of hydrogen-bond acceptors (Lipinski definition) is 3. The zero-order chi connectivity index (χ0) is 15.5. The number of Topliss-reactive ketones (excluding diaryl/α,β-unsaturated/α-hetero) is 1. The normalized spacial score (nSPS) is 26.7. The highest BCUT2D eigenvalue weighted by molar-refractivity contribution is 7.93. The van der Waals surface area contributed by atoms with Crippen LogP contribution in [0.3, 0.4) is 0 Å². The number of hydrogen-bond donors (Lipinski definition) is 0. The van der Waals surface area contributed by atoms with Crippen molar-refractivity contribution in [2.24, 2.45) is 5.41 Å². The zero-order valence-electron chi connectivity index (χ0n) is 12.9. The Hall–Kier alpha value is -1.16. The predicted octanol–water partition coefficient (Wildman–Crippen LogP) is 3.26.